The summed E-state index contributed by atoms with van der Waals surface area (Å²) in [6.07, 6.45) is 11.8. The van der Waals surface area contributed by atoms with Crippen molar-refractivity contribution in [1.29, 1.82) is 0 Å². The van der Waals surface area contributed by atoms with Gasteiger partial charge in [-0.15, -0.1) is 0 Å². The Morgan fingerprint density at radius 3 is 1.97 bits per heavy atom. The molecular weight excluding hydrogens is 451 g/mol. The highest BCUT2D eigenvalue weighted by atomic mass is 19.1. The molecule has 2 heterocycles. The molecule has 2 saturated heterocycles. The van der Waals surface area contributed by atoms with Gasteiger partial charge < -0.3 is 24.7 Å². The fourth-order valence-corrected chi connectivity index (χ4v) is 4.71. The lowest BCUT2D eigenvalue weighted by Gasteiger charge is -2.35. The van der Waals surface area contributed by atoms with E-state index in [-0.39, 0.29) is 29.3 Å². The van der Waals surface area contributed by atoms with Crippen LogP contribution in [-0.4, -0.2) is 69.9 Å². The summed E-state index contributed by atoms with van der Waals surface area (Å²) in [5.74, 6) is -1.53. The number of halogens is 1. The van der Waals surface area contributed by atoms with E-state index in [0.717, 1.165) is 37.8 Å². The molecule has 0 radical (unpaired) electrons. The molecule has 0 spiro atoms. The minimum Gasteiger partial charge on any atom is -0.505 e. The highest BCUT2D eigenvalue weighted by Gasteiger charge is 2.41. The Labute approximate surface area is 209 Å². The van der Waals surface area contributed by atoms with Gasteiger partial charge in [0.15, 0.2) is 11.6 Å². The fourth-order valence-electron chi connectivity index (χ4n) is 4.71. The lowest BCUT2D eigenvalue weighted by molar-refractivity contribution is 0.00782. The molecule has 2 aliphatic heterocycles. The molecule has 2 amide bonds. The zero-order valence-electron chi connectivity index (χ0n) is 21.9. The average Bonchev–Trinajstić information content (AvgIpc) is 3.04. The van der Waals surface area contributed by atoms with Crippen molar-refractivity contribution in [2.45, 2.75) is 109 Å². The number of piperidine rings is 1. The normalized spacial score (nSPS) is 21.7. The monoisotopic (exact) mass is 494 g/mol. The van der Waals surface area contributed by atoms with Gasteiger partial charge >= 0.3 is 6.09 Å². The SMILES string of the molecule is CC(C)(C)OC(=O)N1C2CCCC1CC2.CN(C)C(=O)c1ccc(O)c(F)c1.OC1CCCCC1. The summed E-state index contributed by atoms with van der Waals surface area (Å²) in [5, 5.41) is 17.8. The van der Waals surface area contributed by atoms with Crippen LogP contribution >= 0.6 is 0 Å². The van der Waals surface area contributed by atoms with E-state index in [1.807, 2.05) is 25.7 Å². The number of carbonyl (C=O) groups excluding carboxylic acids is 2. The topological polar surface area (TPSA) is 90.3 Å². The number of carbonyl (C=O) groups is 2. The number of hydrogen-bond acceptors (Lipinski definition) is 5. The molecule has 8 heteroatoms. The third-order valence-electron chi connectivity index (χ3n) is 6.47. The zero-order valence-corrected chi connectivity index (χ0v) is 21.9. The van der Waals surface area contributed by atoms with Crippen LogP contribution in [0.15, 0.2) is 18.2 Å². The van der Waals surface area contributed by atoms with E-state index >= 15 is 0 Å². The fraction of sp³-hybridized carbons (Fsp3) is 0.704. The molecule has 3 fully saturated rings. The van der Waals surface area contributed by atoms with E-state index < -0.39 is 11.6 Å². The summed E-state index contributed by atoms with van der Waals surface area (Å²) in [4.78, 5) is 26.6. The highest BCUT2D eigenvalue weighted by Crippen LogP contribution is 2.36. The van der Waals surface area contributed by atoms with Gasteiger partial charge in [0.2, 0.25) is 0 Å². The molecule has 2 N–H and O–H groups in total. The van der Waals surface area contributed by atoms with Crippen LogP contribution in [0.1, 0.15) is 95.3 Å². The Morgan fingerprint density at radius 2 is 1.54 bits per heavy atom. The number of hydrogen-bond donors (Lipinski definition) is 2. The van der Waals surface area contributed by atoms with E-state index in [1.165, 1.54) is 49.5 Å². The van der Waals surface area contributed by atoms with Gasteiger partial charge in [0.25, 0.3) is 5.91 Å². The van der Waals surface area contributed by atoms with Gasteiger partial charge in [0.1, 0.15) is 5.60 Å². The van der Waals surface area contributed by atoms with Crippen molar-refractivity contribution < 1.29 is 28.9 Å². The number of phenols is 1. The van der Waals surface area contributed by atoms with E-state index in [1.54, 1.807) is 14.1 Å². The molecule has 35 heavy (non-hydrogen) atoms. The summed E-state index contributed by atoms with van der Waals surface area (Å²) < 4.78 is 18.2. The van der Waals surface area contributed by atoms with E-state index in [9.17, 15) is 14.0 Å². The van der Waals surface area contributed by atoms with E-state index in [4.69, 9.17) is 14.9 Å². The number of aromatic hydroxyl groups is 1. The lowest BCUT2D eigenvalue weighted by atomic mass is 9.98. The van der Waals surface area contributed by atoms with Gasteiger partial charge in [-0.3, -0.25) is 4.79 Å². The predicted molar refractivity (Wildman–Crippen MR) is 134 cm³/mol. The number of phenolic OH excluding ortho intramolecular Hbond substituents is 1. The molecule has 1 saturated carbocycles. The Kier molecular flexibility index (Phi) is 10.8. The number of aliphatic hydroxyl groups is 1. The van der Waals surface area contributed by atoms with Crippen molar-refractivity contribution in [2.75, 3.05) is 14.1 Å². The molecule has 1 aromatic carbocycles. The van der Waals surface area contributed by atoms with Crippen LogP contribution in [0, 0.1) is 5.82 Å². The Bertz CT molecular complexity index is 817. The quantitative estimate of drug-likeness (QED) is 0.539. The number of nitrogens with zero attached hydrogens (tertiary/aromatic N) is 2. The van der Waals surface area contributed by atoms with Gasteiger partial charge in [-0.05, 0) is 83.9 Å². The van der Waals surface area contributed by atoms with Crippen molar-refractivity contribution in [3.8, 4) is 5.75 Å². The second-order valence-corrected chi connectivity index (χ2v) is 10.9. The summed E-state index contributed by atoms with van der Waals surface area (Å²) in [6, 6.07) is 4.46. The second-order valence-electron chi connectivity index (χ2n) is 10.9. The molecule has 198 valence electrons. The summed E-state index contributed by atoms with van der Waals surface area (Å²) >= 11 is 0. The molecule has 2 atom stereocenters. The van der Waals surface area contributed by atoms with Gasteiger partial charge in [-0.1, -0.05) is 19.3 Å². The third kappa shape index (κ3) is 9.32. The minimum atomic E-state index is -0.785. The smallest absolute Gasteiger partial charge is 0.410 e. The minimum absolute atomic E-state index is 0.0359. The van der Waals surface area contributed by atoms with Crippen molar-refractivity contribution in [2.24, 2.45) is 0 Å². The first-order chi connectivity index (χ1) is 16.4. The molecular formula is C27H43FN2O5. The van der Waals surface area contributed by atoms with Crippen LogP contribution < -0.4 is 0 Å². The second kappa shape index (κ2) is 13.1. The number of fused-ring (bicyclic) bond motifs is 2. The zero-order chi connectivity index (χ0) is 26.2. The van der Waals surface area contributed by atoms with Gasteiger partial charge in [-0.2, -0.15) is 0 Å². The molecule has 2 bridgehead atoms. The summed E-state index contributed by atoms with van der Waals surface area (Å²) in [7, 11) is 3.15. The number of rotatable bonds is 1. The number of benzene rings is 1. The first kappa shape index (κ1) is 28.9. The van der Waals surface area contributed by atoms with Crippen molar-refractivity contribution >= 4 is 12.0 Å². The Hall–Kier alpha value is -2.35. The summed E-state index contributed by atoms with van der Waals surface area (Å²) in [5.41, 5.74) is -0.145. The molecule has 0 aromatic heterocycles. The first-order valence-electron chi connectivity index (χ1n) is 12.8. The van der Waals surface area contributed by atoms with Gasteiger partial charge in [0, 0.05) is 31.7 Å². The molecule has 1 aliphatic carbocycles. The maximum Gasteiger partial charge on any atom is 0.410 e. The van der Waals surface area contributed by atoms with E-state index in [2.05, 4.69) is 0 Å². The van der Waals surface area contributed by atoms with Crippen LogP contribution in [0.5, 0.6) is 5.75 Å². The highest BCUT2D eigenvalue weighted by molar-refractivity contribution is 5.94. The maximum atomic E-state index is 12.8. The molecule has 1 aromatic rings. The van der Waals surface area contributed by atoms with Gasteiger partial charge in [0.05, 0.1) is 6.10 Å². The number of ether oxygens (including phenoxy) is 1. The van der Waals surface area contributed by atoms with Crippen molar-refractivity contribution in [3.05, 3.63) is 29.6 Å². The predicted octanol–water partition coefficient (Wildman–Crippen LogP) is 5.48. The third-order valence-corrected chi connectivity index (χ3v) is 6.47. The molecule has 3 aliphatic rings. The van der Waals surface area contributed by atoms with Gasteiger partial charge in [-0.25, -0.2) is 9.18 Å². The molecule has 4 rings (SSSR count). The van der Waals surface area contributed by atoms with Crippen molar-refractivity contribution in [3.63, 3.8) is 0 Å². The van der Waals surface area contributed by atoms with Crippen LogP contribution in [0.2, 0.25) is 0 Å². The average molecular weight is 495 g/mol. The standard InChI is InChI=1S/C12H21NO2.C9H10FNO2.C6H12O/c1-12(2,3)15-11(14)13-9-5-4-6-10(13)8-7-9;1-11(2)9(13)6-3-4-8(12)7(10)5-6;7-6-4-2-1-3-5-6/h9-10H,4-8H2,1-3H3;3-5,12H,1-2H3;6-7H,1-5H2. The van der Waals surface area contributed by atoms with Crippen LogP contribution in [0.4, 0.5) is 9.18 Å². The molecule has 7 nitrogen and oxygen atoms in total. The van der Waals surface area contributed by atoms with E-state index in [0.29, 0.717) is 12.1 Å². The largest absolute Gasteiger partial charge is 0.505 e. The maximum absolute atomic E-state index is 12.8. The van der Waals surface area contributed by atoms with Crippen molar-refractivity contribution in [1.82, 2.24) is 9.80 Å². The van der Waals surface area contributed by atoms with Crippen LogP contribution in [0.25, 0.3) is 0 Å². The number of amides is 2. The lowest BCUT2D eigenvalue weighted by Crippen LogP contribution is -2.46. The van der Waals surface area contributed by atoms with Crippen LogP contribution in [-0.2, 0) is 4.74 Å². The Morgan fingerprint density at radius 1 is 0.971 bits per heavy atom. The number of aliphatic hydroxyl groups excluding tert-OH is 1. The summed E-state index contributed by atoms with van der Waals surface area (Å²) in [6.45, 7) is 5.78. The van der Waals surface area contributed by atoms with Crippen LogP contribution in [0.3, 0.4) is 0 Å². The molecule has 2 unspecified atom stereocenters. The first-order valence-corrected chi connectivity index (χ1v) is 12.8. The Balaban J connectivity index is 0.000000197.